The zero-order chi connectivity index (χ0) is 12.7. The summed E-state index contributed by atoms with van der Waals surface area (Å²) in [5.41, 5.74) is 1.28. The molecule has 4 nitrogen and oxygen atoms in total. The Hall–Kier alpha value is -0.753. The molecule has 0 fully saturated rings. The molecule has 1 rings (SSSR count). The van der Waals surface area contributed by atoms with Gasteiger partial charge in [0.1, 0.15) is 0 Å². The molecule has 0 unspecified atom stereocenters. The third kappa shape index (κ3) is 3.60. The summed E-state index contributed by atoms with van der Waals surface area (Å²) in [7, 11) is 2.37. The first kappa shape index (κ1) is 14.3. The van der Waals surface area contributed by atoms with Crippen molar-refractivity contribution in [2.24, 2.45) is 0 Å². The van der Waals surface area contributed by atoms with Crippen LogP contribution in [0.3, 0.4) is 0 Å². The summed E-state index contributed by atoms with van der Waals surface area (Å²) in [6, 6.07) is 6.19. The SMILES string of the molecule is CCCc1cccc[n+]1C[Si](OC)(OC)OC. The van der Waals surface area contributed by atoms with Gasteiger partial charge in [-0.05, 0) is 6.42 Å². The lowest BCUT2D eigenvalue weighted by Crippen LogP contribution is -2.57. The van der Waals surface area contributed by atoms with E-state index in [1.165, 1.54) is 5.69 Å². The molecule has 96 valence electrons. The first-order valence-electron chi connectivity index (χ1n) is 5.84. The number of pyridine rings is 1. The van der Waals surface area contributed by atoms with Gasteiger partial charge in [-0.25, -0.2) is 0 Å². The summed E-state index contributed by atoms with van der Waals surface area (Å²) in [5, 5.41) is 0. The van der Waals surface area contributed by atoms with E-state index in [-0.39, 0.29) is 0 Å². The molecule has 5 heteroatoms. The molecule has 0 aliphatic rings. The first-order chi connectivity index (χ1) is 8.21. The minimum Gasteiger partial charge on any atom is -0.373 e. The predicted octanol–water partition coefficient (Wildman–Crippen LogP) is 1.34. The van der Waals surface area contributed by atoms with E-state index in [4.69, 9.17) is 13.3 Å². The minimum absolute atomic E-state index is 0.646. The van der Waals surface area contributed by atoms with Crippen LogP contribution < -0.4 is 4.57 Å². The van der Waals surface area contributed by atoms with Crippen LogP contribution in [0.1, 0.15) is 19.0 Å². The van der Waals surface area contributed by atoms with Crippen LogP contribution in [0.25, 0.3) is 0 Å². The third-order valence-electron chi connectivity index (χ3n) is 2.84. The maximum Gasteiger partial charge on any atom is 0.569 e. The van der Waals surface area contributed by atoms with Crippen molar-refractivity contribution < 1.29 is 17.8 Å². The first-order valence-corrected chi connectivity index (χ1v) is 7.77. The van der Waals surface area contributed by atoms with Crippen molar-refractivity contribution in [3.63, 3.8) is 0 Å². The Morgan fingerprint density at radius 3 is 2.29 bits per heavy atom. The minimum atomic E-state index is -2.56. The number of hydrogen-bond acceptors (Lipinski definition) is 3. The Kier molecular flexibility index (Phi) is 5.77. The summed E-state index contributed by atoms with van der Waals surface area (Å²) < 4.78 is 18.5. The number of nitrogens with zero attached hydrogens (tertiary/aromatic N) is 1. The second-order valence-electron chi connectivity index (χ2n) is 3.87. The van der Waals surface area contributed by atoms with Crippen LogP contribution in [0.15, 0.2) is 24.4 Å². The van der Waals surface area contributed by atoms with Crippen LogP contribution >= 0.6 is 0 Å². The van der Waals surface area contributed by atoms with E-state index in [0.29, 0.717) is 6.17 Å². The fraction of sp³-hybridized carbons (Fsp3) is 0.583. The standard InChI is InChI=1S/C12H22NO3Si/c1-5-8-12-9-6-7-10-13(12)11-17(14-2,15-3)16-4/h6-7,9-10H,5,8,11H2,1-4H3/q+1. The molecule has 1 aromatic rings. The molecule has 0 aliphatic carbocycles. The zero-order valence-corrected chi connectivity index (χ0v) is 12.1. The van der Waals surface area contributed by atoms with Crippen molar-refractivity contribution in [3.05, 3.63) is 30.1 Å². The molecule has 0 saturated heterocycles. The maximum absolute atomic E-state index is 5.45. The van der Waals surface area contributed by atoms with Crippen molar-refractivity contribution in [1.29, 1.82) is 0 Å². The van der Waals surface area contributed by atoms with E-state index >= 15 is 0 Å². The highest BCUT2D eigenvalue weighted by molar-refractivity contribution is 6.58. The molecule has 0 radical (unpaired) electrons. The van der Waals surface area contributed by atoms with Crippen molar-refractivity contribution in [2.75, 3.05) is 21.3 Å². The second-order valence-corrected chi connectivity index (χ2v) is 6.77. The molecular weight excluding hydrogens is 234 g/mol. The van der Waals surface area contributed by atoms with E-state index < -0.39 is 8.80 Å². The normalized spacial score (nSPS) is 11.8. The summed E-state index contributed by atoms with van der Waals surface area (Å²) in [4.78, 5) is 0. The van der Waals surface area contributed by atoms with Gasteiger partial charge in [0.15, 0.2) is 11.9 Å². The fourth-order valence-electron chi connectivity index (χ4n) is 1.80. The van der Waals surface area contributed by atoms with Gasteiger partial charge >= 0.3 is 8.80 Å². The Bertz CT molecular complexity index is 334. The molecule has 1 heterocycles. The van der Waals surface area contributed by atoms with E-state index in [1.54, 1.807) is 21.3 Å². The average Bonchev–Trinajstić information content (AvgIpc) is 2.38. The van der Waals surface area contributed by atoms with Crippen LogP contribution in [0.5, 0.6) is 0 Å². The van der Waals surface area contributed by atoms with Crippen LogP contribution in [0.4, 0.5) is 0 Å². The van der Waals surface area contributed by atoms with E-state index in [9.17, 15) is 0 Å². The van der Waals surface area contributed by atoms with Crippen LogP contribution in [0, 0.1) is 0 Å². The highest BCUT2D eigenvalue weighted by atomic mass is 28.4. The van der Waals surface area contributed by atoms with Crippen LogP contribution in [-0.2, 0) is 25.9 Å². The number of aromatic nitrogens is 1. The molecule has 0 aliphatic heterocycles. The predicted molar refractivity (Wildman–Crippen MR) is 67.4 cm³/mol. The lowest BCUT2D eigenvalue weighted by molar-refractivity contribution is -0.692. The highest BCUT2D eigenvalue weighted by Gasteiger charge is 2.44. The van der Waals surface area contributed by atoms with Crippen molar-refractivity contribution >= 4 is 8.80 Å². The van der Waals surface area contributed by atoms with Gasteiger partial charge in [-0.3, -0.25) is 0 Å². The molecule has 0 saturated carbocycles. The monoisotopic (exact) mass is 256 g/mol. The Morgan fingerprint density at radius 2 is 1.76 bits per heavy atom. The Balaban J connectivity index is 2.92. The maximum atomic E-state index is 5.45. The number of aryl methyl sites for hydroxylation is 1. The summed E-state index contributed by atoms with van der Waals surface area (Å²) >= 11 is 0. The van der Waals surface area contributed by atoms with Crippen molar-refractivity contribution in [3.8, 4) is 0 Å². The number of rotatable bonds is 7. The Labute approximate surface area is 105 Å². The van der Waals surface area contributed by atoms with Gasteiger partial charge < -0.3 is 13.3 Å². The van der Waals surface area contributed by atoms with Crippen LogP contribution in [0.2, 0.25) is 0 Å². The zero-order valence-electron chi connectivity index (χ0n) is 11.1. The van der Waals surface area contributed by atoms with Gasteiger partial charge in [0.05, 0.1) is 0 Å². The van der Waals surface area contributed by atoms with Gasteiger partial charge in [0.25, 0.3) is 0 Å². The quantitative estimate of drug-likeness (QED) is 0.545. The summed E-state index contributed by atoms with van der Waals surface area (Å²) in [5.74, 6) is 0. The molecule has 0 aromatic carbocycles. The van der Waals surface area contributed by atoms with Crippen molar-refractivity contribution in [1.82, 2.24) is 0 Å². The summed E-state index contributed by atoms with van der Waals surface area (Å²) in [6.45, 7) is 2.17. The van der Waals surface area contributed by atoms with Crippen molar-refractivity contribution in [2.45, 2.75) is 25.9 Å². The second kappa shape index (κ2) is 6.86. The molecule has 0 N–H and O–H groups in total. The number of hydrogen-bond donors (Lipinski definition) is 0. The molecule has 0 amide bonds. The molecule has 0 bridgehead atoms. The van der Waals surface area contributed by atoms with E-state index in [2.05, 4.69) is 23.6 Å². The van der Waals surface area contributed by atoms with Gasteiger partial charge in [0, 0.05) is 39.9 Å². The largest absolute Gasteiger partial charge is 0.569 e. The van der Waals surface area contributed by atoms with E-state index in [1.807, 2.05) is 12.3 Å². The lowest BCUT2D eigenvalue weighted by atomic mass is 10.2. The van der Waals surface area contributed by atoms with Gasteiger partial charge in [-0.1, -0.05) is 13.0 Å². The van der Waals surface area contributed by atoms with Gasteiger partial charge in [0.2, 0.25) is 6.17 Å². The lowest BCUT2D eigenvalue weighted by Gasteiger charge is -2.21. The average molecular weight is 256 g/mol. The summed E-state index contributed by atoms with van der Waals surface area (Å²) in [6.07, 6.45) is 4.85. The fourth-order valence-corrected chi connectivity index (χ4v) is 3.41. The third-order valence-corrected chi connectivity index (χ3v) is 5.43. The molecule has 17 heavy (non-hydrogen) atoms. The molecule has 0 atom stereocenters. The van der Waals surface area contributed by atoms with E-state index in [0.717, 1.165) is 12.8 Å². The molecule has 0 spiro atoms. The smallest absolute Gasteiger partial charge is 0.373 e. The topological polar surface area (TPSA) is 31.6 Å². The van der Waals surface area contributed by atoms with Gasteiger partial charge in [-0.2, -0.15) is 4.57 Å². The van der Waals surface area contributed by atoms with Crippen LogP contribution in [-0.4, -0.2) is 30.1 Å². The Morgan fingerprint density at radius 1 is 1.12 bits per heavy atom. The van der Waals surface area contributed by atoms with Gasteiger partial charge in [-0.15, -0.1) is 0 Å². The molecular formula is C12H22NO3Si+. The molecule has 1 aromatic heterocycles. The highest BCUT2D eigenvalue weighted by Crippen LogP contribution is 2.07.